The molecular formula is C14H12N2S. The Balaban J connectivity index is 2.52. The normalized spacial score (nSPS) is 11.8. The van der Waals surface area contributed by atoms with Gasteiger partial charge in [0.1, 0.15) is 6.07 Å². The van der Waals surface area contributed by atoms with Crippen LogP contribution < -0.4 is 5.73 Å². The van der Waals surface area contributed by atoms with Gasteiger partial charge in [0.05, 0.1) is 16.1 Å². The molecule has 0 aliphatic carbocycles. The van der Waals surface area contributed by atoms with Crippen LogP contribution in [0.2, 0.25) is 0 Å². The van der Waals surface area contributed by atoms with Crippen LogP contribution in [0.1, 0.15) is 15.3 Å². The lowest BCUT2D eigenvalue weighted by Gasteiger charge is -2.03. The van der Waals surface area contributed by atoms with Gasteiger partial charge in [0.15, 0.2) is 0 Å². The zero-order valence-electron chi connectivity index (χ0n) is 9.47. The highest BCUT2D eigenvalue weighted by Crippen LogP contribution is 2.26. The zero-order valence-corrected chi connectivity index (χ0v) is 10.3. The Labute approximate surface area is 105 Å². The molecule has 0 saturated heterocycles. The predicted molar refractivity (Wildman–Crippen MR) is 72.1 cm³/mol. The largest absolute Gasteiger partial charge is 0.396 e. The van der Waals surface area contributed by atoms with Crippen molar-refractivity contribution in [1.82, 2.24) is 0 Å². The van der Waals surface area contributed by atoms with E-state index in [1.54, 1.807) is 11.3 Å². The molecule has 2 aromatic rings. The Bertz CT molecular complexity index is 588. The predicted octanol–water partition coefficient (Wildman–Crippen LogP) is 3.41. The minimum absolute atomic E-state index is 0.535. The zero-order chi connectivity index (χ0) is 12.3. The van der Waals surface area contributed by atoms with Crippen molar-refractivity contribution in [3.05, 3.63) is 57.8 Å². The van der Waals surface area contributed by atoms with Crippen molar-refractivity contribution in [2.45, 2.75) is 6.92 Å². The molecule has 1 aromatic carbocycles. The maximum absolute atomic E-state index is 9.23. The molecule has 0 spiro atoms. The minimum Gasteiger partial charge on any atom is -0.396 e. The third kappa shape index (κ3) is 2.38. The van der Waals surface area contributed by atoms with Gasteiger partial charge >= 0.3 is 0 Å². The van der Waals surface area contributed by atoms with E-state index in [1.807, 2.05) is 49.4 Å². The number of benzene rings is 1. The molecule has 0 atom stereocenters. The van der Waals surface area contributed by atoms with E-state index >= 15 is 0 Å². The number of aryl methyl sites for hydroxylation is 1. The third-order valence-electron chi connectivity index (χ3n) is 2.45. The lowest BCUT2D eigenvalue weighted by molar-refractivity contribution is 1.50. The fourth-order valence-corrected chi connectivity index (χ4v) is 2.42. The van der Waals surface area contributed by atoms with Crippen LogP contribution in [-0.2, 0) is 0 Å². The smallest absolute Gasteiger partial charge is 0.102 e. The number of thiophene rings is 1. The maximum atomic E-state index is 9.23. The standard InChI is InChI=1S/C14H12N2S/c1-10-7-8-13(17-10)14(16)12(9-15)11-5-3-2-4-6-11/h2-8H,16H2,1H3/b14-12+. The fraction of sp³-hybridized carbons (Fsp3) is 0.0714. The average Bonchev–Trinajstić information content (AvgIpc) is 2.78. The monoisotopic (exact) mass is 240 g/mol. The molecular weight excluding hydrogens is 228 g/mol. The number of allylic oxidation sites excluding steroid dienone is 1. The van der Waals surface area contributed by atoms with Crippen molar-refractivity contribution in [3.63, 3.8) is 0 Å². The van der Waals surface area contributed by atoms with Gasteiger partial charge in [0, 0.05) is 4.88 Å². The molecule has 2 nitrogen and oxygen atoms in total. The van der Waals surface area contributed by atoms with Crippen LogP contribution >= 0.6 is 11.3 Å². The molecule has 0 fully saturated rings. The van der Waals surface area contributed by atoms with E-state index in [0.29, 0.717) is 11.3 Å². The quantitative estimate of drug-likeness (QED) is 0.818. The highest BCUT2D eigenvalue weighted by molar-refractivity contribution is 7.13. The van der Waals surface area contributed by atoms with Crippen molar-refractivity contribution in [2.24, 2.45) is 5.73 Å². The molecule has 84 valence electrons. The van der Waals surface area contributed by atoms with Gasteiger partial charge < -0.3 is 5.73 Å². The molecule has 0 aliphatic rings. The molecule has 2 rings (SSSR count). The molecule has 3 heteroatoms. The molecule has 0 saturated carbocycles. The molecule has 2 N–H and O–H groups in total. The summed E-state index contributed by atoms with van der Waals surface area (Å²) in [5, 5.41) is 9.23. The number of hydrogen-bond acceptors (Lipinski definition) is 3. The van der Waals surface area contributed by atoms with Gasteiger partial charge in [-0.25, -0.2) is 0 Å². The summed E-state index contributed by atoms with van der Waals surface area (Å²) in [7, 11) is 0. The Morgan fingerprint density at radius 2 is 1.88 bits per heavy atom. The van der Waals surface area contributed by atoms with Gasteiger partial charge in [-0.1, -0.05) is 30.3 Å². The van der Waals surface area contributed by atoms with Crippen LogP contribution in [0.15, 0.2) is 42.5 Å². The SMILES string of the molecule is Cc1ccc(/C(N)=C(/C#N)c2ccccc2)s1. The summed E-state index contributed by atoms with van der Waals surface area (Å²) in [5.41, 5.74) is 8.01. The van der Waals surface area contributed by atoms with E-state index in [1.165, 1.54) is 4.88 Å². The minimum atomic E-state index is 0.535. The number of nitriles is 1. The summed E-state index contributed by atoms with van der Waals surface area (Å²) in [6.07, 6.45) is 0. The van der Waals surface area contributed by atoms with E-state index in [0.717, 1.165) is 10.4 Å². The van der Waals surface area contributed by atoms with Crippen molar-refractivity contribution < 1.29 is 0 Å². The number of nitrogens with zero attached hydrogens (tertiary/aromatic N) is 1. The van der Waals surface area contributed by atoms with Gasteiger partial charge in [0.25, 0.3) is 0 Å². The van der Waals surface area contributed by atoms with Crippen LogP contribution in [-0.4, -0.2) is 0 Å². The highest BCUT2D eigenvalue weighted by atomic mass is 32.1. The van der Waals surface area contributed by atoms with Crippen LogP contribution in [0.3, 0.4) is 0 Å². The Hall–Kier alpha value is -2.05. The number of nitrogens with two attached hydrogens (primary N) is 1. The van der Waals surface area contributed by atoms with E-state index < -0.39 is 0 Å². The first-order valence-corrected chi connectivity index (χ1v) is 6.06. The second kappa shape index (κ2) is 4.86. The first kappa shape index (κ1) is 11.4. The lowest BCUT2D eigenvalue weighted by atomic mass is 10.0. The maximum Gasteiger partial charge on any atom is 0.102 e. The molecule has 1 aromatic heterocycles. The lowest BCUT2D eigenvalue weighted by Crippen LogP contribution is -1.98. The first-order chi connectivity index (χ1) is 8.22. The summed E-state index contributed by atoms with van der Waals surface area (Å²) in [4.78, 5) is 2.14. The Kier molecular flexibility index (Phi) is 3.27. The van der Waals surface area contributed by atoms with Crippen molar-refractivity contribution in [2.75, 3.05) is 0 Å². The van der Waals surface area contributed by atoms with E-state index in [2.05, 4.69) is 6.07 Å². The molecule has 0 amide bonds. The number of rotatable bonds is 2. The third-order valence-corrected chi connectivity index (χ3v) is 3.48. The summed E-state index contributed by atoms with van der Waals surface area (Å²) < 4.78 is 0. The van der Waals surface area contributed by atoms with Gasteiger partial charge in [-0.15, -0.1) is 11.3 Å². The van der Waals surface area contributed by atoms with E-state index in [-0.39, 0.29) is 0 Å². The Morgan fingerprint density at radius 3 is 2.41 bits per heavy atom. The topological polar surface area (TPSA) is 49.8 Å². The second-order valence-electron chi connectivity index (χ2n) is 3.68. The molecule has 0 unspecified atom stereocenters. The van der Waals surface area contributed by atoms with Gasteiger partial charge in [-0.05, 0) is 24.6 Å². The number of hydrogen-bond donors (Lipinski definition) is 1. The van der Waals surface area contributed by atoms with E-state index in [4.69, 9.17) is 5.73 Å². The summed E-state index contributed by atoms with van der Waals surface area (Å²) in [5.74, 6) is 0. The van der Waals surface area contributed by atoms with Gasteiger partial charge in [-0.2, -0.15) is 5.26 Å². The molecule has 0 radical (unpaired) electrons. The summed E-state index contributed by atoms with van der Waals surface area (Å²) in [6.45, 7) is 2.02. The van der Waals surface area contributed by atoms with Crippen LogP contribution in [0.5, 0.6) is 0 Å². The molecule has 0 aliphatic heterocycles. The fourth-order valence-electron chi connectivity index (χ4n) is 1.59. The van der Waals surface area contributed by atoms with Gasteiger partial charge in [-0.3, -0.25) is 0 Å². The second-order valence-corrected chi connectivity index (χ2v) is 4.96. The van der Waals surface area contributed by atoms with Crippen molar-refractivity contribution in [1.29, 1.82) is 5.26 Å². The highest BCUT2D eigenvalue weighted by Gasteiger charge is 2.09. The van der Waals surface area contributed by atoms with Gasteiger partial charge in [0.2, 0.25) is 0 Å². The van der Waals surface area contributed by atoms with Crippen LogP contribution in [0.25, 0.3) is 11.3 Å². The molecule has 1 heterocycles. The molecule has 17 heavy (non-hydrogen) atoms. The van der Waals surface area contributed by atoms with Crippen LogP contribution in [0, 0.1) is 18.3 Å². The first-order valence-electron chi connectivity index (χ1n) is 5.24. The van der Waals surface area contributed by atoms with E-state index in [9.17, 15) is 5.26 Å². The summed E-state index contributed by atoms with van der Waals surface area (Å²) >= 11 is 1.60. The molecule has 0 bridgehead atoms. The summed E-state index contributed by atoms with van der Waals surface area (Å²) in [6, 6.07) is 15.7. The van der Waals surface area contributed by atoms with Crippen molar-refractivity contribution >= 4 is 22.6 Å². The Morgan fingerprint density at radius 1 is 1.18 bits per heavy atom. The van der Waals surface area contributed by atoms with Crippen molar-refractivity contribution in [3.8, 4) is 6.07 Å². The average molecular weight is 240 g/mol. The van der Waals surface area contributed by atoms with Crippen LogP contribution in [0.4, 0.5) is 0 Å².